The molecule has 4 rings (SSSR count). The lowest BCUT2D eigenvalue weighted by molar-refractivity contribution is 0.0307. The van der Waals surface area contributed by atoms with Crippen LogP contribution in [0.5, 0.6) is 11.5 Å². The van der Waals surface area contributed by atoms with Crippen LogP contribution in [0.2, 0.25) is 0 Å². The Labute approximate surface area is 222 Å². The SMILES string of the molecule is COc1c(C)cc(C(OC(c2ccc(C)cc2)c2cc(C)c(OC)c(C)c2)c2ccc(C)cc2)cc1C. The van der Waals surface area contributed by atoms with Crippen LogP contribution in [0.1, 0.15) is 67.8 Å². The molecular weight excluding hydrogens is 456 g/mol. The molecular formula is C34H38O3. The van der Waals surface area contributed by atoms with Gasteiger partial charge in [-0.15, -0.1) is 0 Å². The van der Waals surface area contributed by atoms with E-state index >= 15 is 0 Å². The van der Waals surface area contributed by atoms with Crippen LogP contribution in [0.3, 0.4) is 0 Å². The summed E-state index contributed by atoms with van der Waals surface area (Å²) in [5.41, 5.74) is 11.3. The maximum atomic E-state index is 7.16. The van der Waals surface area contributed by atoms with E-state index in [-0.39, 0.29) is 12.2 Å². The summed E-state index contributed by atoms with van der Waals surface area (Å²) in [7, 11) is 3.45. The molecule has 0 radical (unpaired) electrons. The molecule has 3 nitrogen and oxygen atoms in total. The van der Waals surface area contributed by atoms with Gasteiger partial charge in [0.15, 0.2) is 0 Å². The van der Waals surface area contributed by atoms with Crippen molar-refractivity contribution in [3.8, 4) is 11.5 Å². The lowest BCUT2D eigenvalue weighted by Crippen LogP contribution is -2.14. The van der Waals surface area contributed by atoms with E-state index in [0.717, 1.165) is 56.0 Å². The van der Waals surface area contributed by atoms with Crippen molar-refractivity contribution in [2.24, 2.45) is 0 Å². The first-order valence-electron chi connectivity index (χ1n) is 12.8. The molecule has 0 saturated carbocycles. The summed E-state index contributed by atoms with van der Waals surface area (Å²) >= 11 is 0. The molecule has 0 spiro atoms. The predicted molar refractivity (Wildman–Crippen MR) is 152 cm³/mol. The molecule has 0 bridgehead atoms. The van der Waals surface area contributed by atoms with Crippen molar-refractivity contribution in [1.82, 2.24) is 0 Å². The van der Waals surface area contributed by atoms with E-state index < -0.39 is 0 Å². The minimum Gasteiger partial charge on any atom is -0.496 e. The topological polar surface area (TPSA) is 27.7 Å². The highest BCUT2D eigenvalue weighted by Gasteiger charge is 2.25. The highest BCUT2D eigenvalue weighted by Crippen LogP contribution is 2.40. The third-order valence-electron chi connectivity index (χ3n) is 7.01. The monoisotopic (exact) mass is 494 g/mol. The average Bonchev–Trinajstić information content (AvgIpc) is 2.86. The van der Waals surface area contributed by atoms with Gasteiger partial charge in [-0.1, -0.05) is 59.7 Å². The van der Waals surface area contributed by atoms with Crippen LogP contribution in [0.15, 0.2) is 72.8 Å². The van der Waals surface area contributed by atoms with Crippen LogP contribution in [0.4, 0.5) is 0 Å². The fourth-order valence-corrected chi connectivity index (χ4v) is 5.23. The summed E-state index contributed by atoms with van der Waals surface area (Å²) < 4.78 is 18.5. The zero-order valence-corrected chi connectivity index (χ0v) is 23.3. The molecule has 0 N–H and O–H groups in total. The molecule has 0 aliphatic carbocycles. The standard InChI is InChI=1S/C34H38O3/c1-21-9-13-27(14-10-21)33(29-17-23(3)31(35-7)24(4)18-29)37-34(28-15-11-22(2)12-16-28)30-19-25(5)32(36-8)26(6)20-30/h9-20,33-34H,1-8H3. The second-order valence-electron chi connectivity index (χ2n) is 10.1. The van der Waals surface area contributed by atoms with Crippen LogP contribution in [-0.2, 0) is 4.74 Å². The maximum absolute atomic E-state index is 7.16. The number of hydrogen-bond acceptors (Lipinski definition) is 3. The Bertz CT molecular complexity index is 1210. The van der Waals surface area contributed by atoms with Gasteiger partial charge < -0.3 is 14.2 Å². The minimum atomic E-state index is -0.266. The molecule has 3 heteroatoms. The zero-order valence-electron chi connectivity index (χ0n) is 23.3. The van der Waals surface area contributed by atoms with Crippen molar-refractivity contribution in [2.45, 2.75) is 53.8 Å². The smallest absolute Gasteiger partial charge is 0.124 e. The van der Waals surface area contributed by atoms with Crippen molar-refractivity contribution in [3.05, 3.63) is 128 Å². The summed E-state index contributed by atoms with van der Waals surface area (Å²) in [6, 6.07) is 26.0. The van der Waals surface area contributed by atoms with Crippen LogP contribution >= 0.6 is 0 Å². The second kappa shape index (κ2) is 11.2. The van der Waals surface area contributed by atoms with E-state index in [1.54, 1.807) is 14.2 Å². The van der Waals surface area contributed by atoms with Crippen LogP contribution in [0.25, 0.3) is 0 Å². The quantitative estimate of drug-likeness (QED) is 0.246. The molecule has 37 heavy (non-hydrogen) atoms. The van der Waals surface area contributed by atoms with E-state index in [1.165, 1.54) is 11.1 Å². The highest BCUT2D eigenvalue weighted by molar-refractivity contribution is 5.48. The molecule has 0 amide bonds. The Morgan fingerprint density at radius 2 is 0.730 bits per heavy atom. The first-order chi connectivity index (χ1) is 17.7. The molecule has 0 saturated heterocycles. The molecule has 0 heterocycles. The third kappa shape index (κ3) is 5.73. The summed E-state index contributed by atoms with van der Waals surface area (Å²) in [5.74, 6) is 1.84. The van der Waals surface area contributed by atoms with E-state index in [9.17, 15) is 0 Å². The first kappa shape index (κ1) is 26.5. The van der Waals surface area contributed by atoms with Crippen LogP contribution in [0, 0.1) is 41.5 Å². The molecule has 192 valence electrons. The van der Waals surface area contributed by atoms with Gasteiger partial charge in [-0.3, -0.25) is 0 Å². The third-order valence-corrected chi connectivity index (χ3v) is 7.01. The molecule has 0 fully saturated rings. The van der Waals surface area contributed by atoms with Gasteiger partial charge in [0.05, 0.1) is 14.2 Å². The Morgan fingerprint density at radius 1 is 0.432 bits per heavy atom. The van der Waals surface area contributed by atoms with Gasteiger partial charge in [0, 0.05) is 0 Å². The minimum absolute atomic E-state index is 0.266. The van der Waals surface area contributed by atoms with Gasteiger partial charge in [-0.2, -0.15) is 0 Å². The van der Waals surface area contributed by atoms with Crippen LogP contribution in [-0.4, -0.2) is 14.2 Å². The Morgan fingerprint density at radius 3 is 1.00 bits per heavy atom. The first-order valence-corrected chi connectivity index (χ1v) is 12.8. The molecule has 0 aliphatic rings. The number of hydrogen-bond donors (Lipinski definition) is 0. The number of methoxy groups -OCH3 is 2. The lowest BCUT2D eigenvalue weighted by Gasteiger charge is -2.28. The molecule has 4 aromatic carbocycles. The molecule has 0 aromatic heterocycles. The molecule has 0 aliphatic heterocycles. The summed E-state index contributed by atoms with van der Waals surface area (Å²) in [6.45, 7) is 12.6. The van der Waals surface area contributed by atoms with E-state index in [4.69, 9.17) is 14.2 Å². The lowest BCUT2D eigenvalue weighted by atomic mass is 9.93. The fraction of sp³-hybridized carbons (Fsp3) is 0.294. The van der Waals surface area contributed by atoms with Gasteiger partial charge >= 0.3 is 0 Å². The molecule has 2 unspecified atom stereocenters. The summed E-state index contributed by atoms with van der Waals surface area (Å²) in [5, 5.41) is 0. The number of benzene rings is 4. The molecule has 2 atom stereocenters. The van der Waals surface area contributed by atoms with Crippen molar-refractivity contribution >= 4 is 0 Å². The number of aryl methyl sites for hydroxylation is 6. The normalized spacial score (nSPS) is 12.8. The summed E-state index contributed by atoms with van der Waals surface area (Å²) in [4.78, 5) is 0. The van der Waals surface area contributed by atoms with Gasteiger partial charge in [0.1, 0.15) is 23.7 Å². The van der Waals surface area contributed by atoms with Crippen molar-refractivity contribution in [2.75, 3.05) is 14.2 Å². The highest BCUT2D eigenvalue weighted by atomic mass is 16.5. The van der Waals surface area contributed by atoms with Crippen molar-refractivity contribution in [1.29, 1.82) is 0 Å². The zero-order chi connectivity index (χ0) is 26.7. The Kier molecular flexibility index (Phi) is 8.04. The number of rotatable bonds is 8. The van der Waals surface area contributed by atoms with Gasteiger partial charge in [-0.05, 0) is 110 Å². The predicted octanol–water partition coefficient (Wildman–Crippen LogP) is 8.45. The summed E-state index contributed by atoms with van der Waals surface area (Å²) in [6.07, 6.45) is -0.532. The Hall–Kier alpha value is -3.56. The fourth-order valence-electron chi connectivity index (χ4n) is 5.23. The van der Waals surface area contributed by atoms with E-state index in [0.29, 0.717) is 0 Å². The van der Waals surface area contributed by atoms with Gasteiger partial charge in [-0.25, -0.2) is 0 Å². The second-order valence-corrected chi connectivity index (χ2v) is 10.1. The van der Waals surface area contributed by atoms with Gasteiger partial charge in [0.25, 0.3) is 0 Å². The number of ether oxygens (including phenoxy) is 3. The Balaban J connectivity index is 1.89. The van der Waals surface area contributed by atoms with Crippen LogP contribution < -0.4 is 9.47 Å². The van der Waals surface area contributed by atoms with Crippen molar-refractivity contribution in [3.63, 3.8) is 0 Å². The largest absolute Gasteiger partial charge is 0.496 e. The van der Waals surface area contributed by atoms with Gasteiger partial charge in [0.2, 0.25) is 0 Å². The molecule has 4 aromatic rings. The van der Waals surface area contributed by atoms with E-state index in [1.807, 2.05) is 0 Å². The maximum Gasteiger partial charge on any atom is 0.124 e. The van der Waals surface area contributed by atoms with Crippen molar-refractivity contribution < 1.29 is 14.2 Å². The average molecular weight is 495 g/mol. The van der Waals surface area contributed by atoms with E-state index in [2.05, 4.69) is 114 Å².